The Labute approximate surface area is 176 Å². The highest BCUT2D eigenvalue weighted by Crippen LogP contribution is 2.21. The van der Waals surface area contributed by atoms with E-state index in [-0.39, 0.29) is 18.5 Å². The molecule has 0 radical (unpaired) electrons. The van der Waals surface area contributed by atoms with E-state index in [0.29, 0.717) is 17.5 Å². The van der Waals surface area contributed by atoms with Crippen molar-refractivity contribution in [3.8, 4) is 22.9 Å². The van der Waals surface area contributed by atoms with Gasteiger partial charge in [-0.3, -0.25) is 4.79 Å². The number of aryl methyl sites for hydroxylation is 1. The van der Waals surface area contributed by atoms with E-state index in [2.05, 4.69) is 10.1 Å². The van der Waals surface area contributed by atoms with Crippen molar-refractivity contribution in [3.05, 3.63) is 60.0 Å². The molecule has 0 unspecified atom stereocenters. The summed E-state index contributed by atoms with van der Waals surface area (Å²) in [6, 6.07) is 15.0. The summed E-state index contributed by atoms with van der Waals surface area (Å²) in [5.41, 5.74) is 1.88. The number of carbonyl (C=O) groups is 1. The molecule has 7 nitrogen and oxygen atoms in total. The molecule has 0 aliphatic rings. The van der Waals surface area contributed by atoms with Crippen LogP contribution in [0.25, 0.3) is 11.4 Å². The van der Waals surface area contributed by atoms with E-state index in [1.807, 2.05) is 69.3 Å². The third-order valence-corrected chi connectivity index (χ3v) is 4.68. The minimum absolute atomic E-state index is 0.0580. The number of hydrogen-bond donors (Lipinski definition) is 0. The van der Waals surface area contributed by atoms with E-state index >= 15 is 0 Å². The number of ether oxygens (including phenoxy) is 2. The molecule has 1 heterocycles. The molecule has 3 aromatic rings. The van der Waals surface area contributed by atoms with Gasteiger partial charge in [-0.2, -0.15) is 4.98 Å². The monoisotopic (exact) mass is 409 g/mol. The van der Waals surface area contributed by atoms with Crippen molar-refractivity contribution in [2.45, 2.75) is 46.4 Å². The Hall–Kier alpha value is -3.35. The van der Waals surface area contributed by atoms with Gasteiger partial charge in [-0.25, -0.2) is 0 Å². The van der Waals surface area contributed by atoms with Crippen LogP contribution in [0.15, 0.2) is 53.1 Å². The Morgan fingerprint density at radius 2 is 1.83 bits per heavy atom. The van der Waals surface area contributed by atoms with Crippen LogP contribution in [0.2, 0.25) is 0 Å². The molecule has 1 atom stereocenters. The molecule has 3 rings (SSSR count). The highest BCUT2D eigenvalue weighted by atomic mass is 16.5. The van der Waals surface area contributed by atoms with Gasteiger partial charge in [0.25, 0.3) is 5.91 Å². The van der Waals surface area contributed by atoms with E-state index in [1.165, 1.54) is 0 Å². The maximum Gasteiger partial charge on any atom is 0.264 e. The summed E-state index contributed by atoms with van der Waals surface area (Å²) >= 11 is 0. The number of hydrogen-bond acceptors (Lipinski definition) is 6. The second-order valence-corrected chi connectivity index (χ2v) is 7.38. The van der Waals surface area contributed by atoms with E-state index in [4.69, 9.17) is 14.0 Å². The molecule has 0 saturated carbocycles. The zero-order valence-electron chi connectivity index (χ0n) is 18.0. The number of rotatable bonds is 8. The number of nitrogens with zero attached hydrogens (tertiary/aromatic N) is 3. The normalized spacial score (nSPS) is 11.9. The van der Waals surface area contributed by atoms with Gasteiger partial charge >= 0.3 is 0 Å². The van der Waals surface area contributed by atoms with Gasteiger partial charge in [0.05, 0.1) is 7.11 Å². The lowest BCUT2D eigenvalue weighted by Gasteiger charge is -2.28. The van der Waals surface area contributed by atoms with Gasteiger partial charge in [0.1, 0.15) is 18.0 Å². The quantitative estimate of drug-likeness (QED) is 0.553. The predicted octanol–water partition coefficient (Wildman–Crippen LogP) is 4.26. The number of carbonyl (C=O) groups excluding carboxylic acids is 1. The average Bonchev–Trinajstić information content (AvgIpc) is 3.20. The summed E-state index contributed by atoms with van der Waals surface area (Å²) in [5.74, 6) is 2.11. The number of aromatic nitrogens is 2. The van der Waals surface area contributed by atoms with Crippen LogP contribution in [-0.4, -0.2) is 40.2 Å². The van der Waals surface area contributed by atoms with Crippen LogP contribution < -0.4 is 9.47 Å². The summed E-state index contributed by atoms with van der Waals surface area (Å²) in [6.07, 6.45) is -0.641. The lowest BCUT2D eigenvalue weighted by atomic mass is 10.2. The van der Waals surface area contributed by atoms with Crippen LogP contribution >= 0.6 is 0 Å². The SMILES string of the molecule is COc1ccc(-c2noc(CN(C(=O)[C@H](C)Oc3cccc(C)c3)C(C)C)n2)cc1. The summed E-state index contributed by atoms with van der Waals surface area (Å²) in [4.78, 5) is 19.1. The molecular formula is C23H27N3O4. The maximum absolute atomic E-state index is 13.0. The predicted molar refractivity (Wildman–Crippen MR) is 113 cm³/mol. The van der Waals surface area contributed by atoms with Gasteiger partial charge in [0.2, 0.25) is 11.7 Å². The molecule has 2 aromatic carbocycles. The molecule has 0 bridgehead atoms. The molecule has 0 N–H and O–H groups in total. The molecule has 30 heavy (non-hydrogen) atoms. The van der Waals surface area contributed by atoms with Crippen molar-refractivity contribution in [1.29, 1.82) is 0 Å². The van der Waals surface area contributed by atoms with Crippen LogP contribution in [-0.2, 0) is 11.3 Å². The number of methoxy groups -OCH3 is 1. The maximum atomic E-state index is 13.0. The van der Waals surface area contributed by atoms with Crippen molar-refractivity contribution in [1.82, 2.24) is 15.0 Å². The molecular weight excluding hydrogens is 382 g/mol. The van der Waals surface area contributed by atoms with Gasteiger partial charge in [-0.15, -0.1) is 0 Å². The van der Waals surface area contributed by atoms with Crippen molar-refractivity contribution in [2.24, 2.45) is 0 Å². The van der Waals surface area contributed by atoms with Crippen LogP contribution in [0.3, 0.4) is 0 Å². The highest BCUT2D eigenvalue weighted by molar-refractivity contribution is 5.81. The topological polar surface area (TPSA) is 77.7 Å². The van der Waals surface area contributed by atoms with Crippen LogP contribution in [0.1, 0.15) is 32.2 Å². The Balaban J connectivity index is 1.70. The van der Waals surface area contributed by atoms with Gasteiger partial charge in [0.15, 0.2) is 6.10 Å². The molecule has 158 valence electrons. The molecule has 0 saturated heterocycles. The summed E-state index contributed by atoms with van der Waals surface area (Å²) in [6.45, 7) is 7.82. The first-order valence-electron chi connectivity index (χ1n) is 9.88. The van der Waals surface area contributed by atoms with Gasteiger partial charge in [-0.1, -0.05) is 17.3 Å². The molecule has 7 heteroatoms. The lowest BCUT2D eigenvalue weighted by Crippen LogP contribution is -2.43. The minimum Gasteiger partial charge on any atom is -0.497 e. The number of benzene rings is 2. The fourth-order valence-corrected chi connectivity index (χ4v) is 3.01. The first kappa shape index (κ1) is 21.4. The van der Waals surface area contributed by atoms with Crippen LogP contribution in [0, 0.1) is 6.92 Å². The Kier molecular flexibility index (Phi) is 6.72. The molecule has 0 fully saturated rings. The third kappa shape index (κ3) is 5.17. The minimum atomic E-state index is -0.641. The van der Waals surface area contributed by atoms with E-state index in [1.54, 1.807) is 18.9 Å². The molecule has 0 aliphatic heterocycles. The molecule has 0 spiro atoms. The summed E-state index contributed by atoms with van der Waals surface area (Å²) in [7, 11) is 1.61. The van der Waals surface area contributed by atoms with Crippen molar-refractivity contribution in [3.63, 3.8) is 0 Å². The largest absolute Gasteiger partial charge is 0.497 e. The summed E-state index contributed by atoms with van der Waals surface area (Å²) < 4.78 is 16.4. The second-order valence-electron chi connectivity index (χ2n) is 7.38. The first-order chi connectivity index (χ1) is 14.4. The fraction of sp³-hybridized carbons (Fsp3) is 0.348. The smallest absolute Gasteiger partial charge is 0.264 e. The summed E-state index contributed by atoms with van der Waals surface area (Å²) in [5, 5.41) is 4.04. The van der Waals surface area contributed by atoms with Crippen LogP contribution in [0.4, 0.5) is 0 Å². The van der Waals surface area contributed by atoms with E-state index < -0.39 is 6.10 Å². The second kappa shape index (κ2) is 9.43. The van der Waals surface area contributed by atoms with Crippen molar-refractivity contribution >= 4 is 5.91 Å². The first-order valence-corrected chi connectivity index (χ1v) is 9.88. The van der Waals surface area contributed by atoms with Crippen molar-refractivity contribution < 1.29 is 18.8 Å². The average molecular weight is 409 g/mol. The van der Waals surface area contributed by atoms with E-state index in [9.17, 15) is 4.79 Å². The van der Waals surface area contributed by atoms with Gasteiger partial charge in [-0.05, 0) is 69.7 Å². The van der Waals surface area contributed by atoms with Crippen molar-refractivity contribution in [2.75, 3.05) is 7.11 Å². The Bertz CT molecular complexity index is 982. The van der Waals surface area contributed by atoms with Gasteiger partial charge < -0.3 is 18.9 Å². The molecule has 1 aromatic heterocycles. The molecule has 1 amide bonds. The zero-order chi connectivity index (χ0) is 21.7. The van der Waals surface area contributed by atoms with Gasteiger partial charge in [0, 0.05) is 11.6 Å². The van der Waals surface area contributed by atoms with Crippen LogP contribution in [0.5, 0.6) is 11.5 Å². The highest BCUT2D eigenvalue weighted by Gasteiger charge is 2.26. The molecule has 0 aliphatic carbocycles. The Morgan fingerprint density at radius 3 is 2.47 bits per heavy atom. The standard InChI is InChI=1S/C23H27N3O4/c1-15(2)26(23(27)17(4)29-20-8-6-7-16(3)13-20)14-21-24-22(25-30-21)18-9-11-19(28-5)12-10-18/h6-13,15,17H,14H2,1-5H3/t17-/m0/s1. The zero-order valence-corrected chi connectivity index (χ0v) is 18.0. The van der Waals surface area contributed by atoms with E-state index in [0.717, 1.165) is 16.9 Å². The third-order valence-electron chi connectivity index (χ3n) is 4.68. The lowest BCUT2D eigenvalue weighted by molar-refractivity contribution is -0.140. The Morgan fingerprint density at radius 1 is 1.10 bits per heavy atom. The number of amides is 1. The fourth-order valence-electron chi connectivity index (χ4n) is 3.01.